The summed E-state index contributed by atoms with van der Waals surface area (Å²) < 4.78 is 5.30. The number of hydrogen-bond acceptors (Lipinski definition) is 9. The molecule has 10 heteroatoms. The molecule has 3 N–H and O–H groups in total. The lowest BCUT2D eigenvalue weighted by molar-refractivity contribution is -0.137. The Balaban J connectivity index is 1.51. The van der Waals surface area contributed by atoms with Crippen molar-refractivity contribution in [3.8, 4) is 5.75 Å². The van der Waals surface area contributed by atoms with E-state index in [4.69, 9.17) is 4.74 Å². The van der Waals surface area contributed by atoms with E-state index in [9.17, 15) is 19.5 Å². The zero-order chi connectivity index (χ0) is 25.8. The van der Waals surface area contributed by atoms with Crippen molar-refractivity contribution in [2.45, 2.75) is 26.3 Å². The summed E-state index contributed by atoms with van der Waals surface area (Å²) in [5, 5.41) is 16.6. The summed E-state index contributed by atoms with van der Waals surface area (Å²) in [6.07, 6.45) is 1.60. The van der Waals surface area contributed by atoms with Gasteiger partial charge in [-0.15, -0.1) is 0 Å². The minimum atomic E-state index is -1.11. The van der Waals surface area contributed by atoms with E-state index in [1.807, 2.05) is 44.2 Å². The van der Waals surface area contributed by atoms with E-state index in [1.54, 1.807) is 24.1 Å². The van der Waals surface area contributed by atoms with Crippen LogP contribution in [0.15, 0.2) is 58.4 Å². The molecule has 0 unspecified atom stereocenters. The van der Waals surface area contributed by atoms with Gasteiger partial charge in [0.2, 0.25) is 0 Å². The van der Waals surface area contributed by atoms with Gasteiger partial charge in [-0.25, -0.2) is 14.8 Å². The van der Waals surface area contributed by atoms with E-state index in [0.717, 1.165) is 22.2 Å². The van der Waals surface area contributed by atoms with Crippen molar-refractivity contribution in [1.29, 1.82) is 0 Å². The lowest BCUT2D eigenvalue weighted by Gasteiger charge is -2.26. The van der Waals surface area contributed by atoms with Gasteiger partial charge < -0.3 is 25.4 Å². The molecule has 0 bridgehead atoms. The van der Waals surface area contributed by atoms with Gasteiger partial charge in [-0.3, -0.25) is 9.59 Å². The number of nitrogens with one attached hydrogen (secondary N) is 2. The number of methoxy groups -OCH3 is 1. The third-order valence-corrected chi connectivity index (χ3v) is 6.08. The molecule has 1 aromatic heterocycles. The highest BCUT2D eigenvalue weighted by atomic mass is 16.5. The Morgan fingerprint density at radius 3 is 2.42 bits per heavy atom. The number of benzene rings is 2. The molecular formula is C26H27N5O5. The first kappa shape index (κ1) is 24.6. The Bertz CT molecular complexity index is 1460. The molecule has 36 heavy (non-hydrogen) atoms. The molecule has 0 spiro atoms. The lowest BCUT2D eigenvalue weighted by Crippen LogP contribution is -2.45. The number of carboxylic acids is 1. The smallest absolute Gasteiger partial charge is 0.326 e. The first-order valence-corrected chi connectivity index (χ1v) is 11.6. The molecule has 1 heterocycles. The second-order valence-electron chi connectivity index (χ2n) is 8.22. The quantitative estimate of drug-likeness (QED) is 0.270. The standard InChI is InChI=1S/C26H27N5O5/c1-4-31(5-2)22-21(23(32)24(22)33)30-20(26(34)35)12-15-6-8-16(9-7-15)29-25-18-13-17(36-3)10-11-19(18)27-14-28-25/h6-11,13-14,20,30H,4-5,12H2,1-3H3,(H,34,35)(H,27,28,29)/t20-/m0/s1. The predicted molar refractivity (Wildman–Crippen MR) is 139 cm³/mol. The Morgan fingerprint density at radius 1 is 1.06 bits per heavy atom. The molecular weight excluding hydrogens is 462 g/mol. The minimum Gasteiger partial charge on any atom is -0.497 e. The van der Waals surface area contributed by atoms with E-state index in [1.165, 1.54) is 6.33 Å². The first-order chi connectivity index (χ1) is 17.4. The van der Waals surface area contributed by atoms with Gasteiger partial charge in [0.15, 0.2) is 0 Å². The molecule has 0 aliphatic rings. The number of carbonyl (C=O) groups is 1. The fourth-order valence-electron chi connectivity index (χ4n) is 4.09. The number of aromatic nitrogens is 2. The topological polar surface area (TPSA) is 134 Å². The average molecular weight is 490 g/mol. The molecule has 3 aromatic carbocycles. The summed E-state index contributed by atoms with van der Waals surface area (Å²) in [7, 11) is 1.59. The molecule has 4 rings (SSSR count). The van der Waals surface area contributed by atoms with Crippen molar-refractivity contribution < 1.29 is 14.6 Å². The number of aliphatic carboxylic acids is 1. The second-order valence-corrected chi connectivity index (χ2v) is 8.22. The van der Waals surface area contributed by atoms with Crippen LogP contribution in [0, 0.1) is 0 Å². The van der Waals surface area contributed by atoms with Crippen molar-refractivity contribution >= 4 is 39.8 Å². The summed E-state index contributed by atoms with van der Waals surface area (Å²) in [6, 6.07) is 11.7. The third kappa shape index (κ3) is 4.83. The zero-order valence-electron chi connectivity index (χ0n) is 20.2. The number of anilines is 4. The number of ether oxygens (including phenoxy) is 1. The molecule has 0 amide bonds. The molecule has 10 nitrogen and oxygen atoms in total. The highest BCUT2D eigenvalue weighted by molar-refractivity contribution is 5.91. The number of carboxylic acid groups (broad SMARTS) is 1. The van der Waals surface area contributed by atoms with Crippen LogP contribution in [0.2, 0.25) is 0 Å². The van der Waals surface area contributed by atoms with E-state index in [2.05, 4.69) is 20.6 Å². The maximum atomic E-state index is 12.2. The Hall–Kier alpha value is -4.47. The highest BCUT2D eigenvalue weighted by Gasteiger charge is 2.29. The van der Waals surface area contributed by atoms with Crippen LogP contribution in [0.3, 0.4) is 0 Å². The number of fused-ring (bicyclic) bond motifs is 1. The van der Waals surface area contributed by atoms with Gasteiger partial charge in [-0.05, 0) is 49.7 Å². The first-order valence-electron chi connectivity index (χ1n) is 11.6. The number of rotatable bonds is 11. The molecule has 0 saturated carbocycles. The van der Waals surface area contributed by atoms with Crippen LogP contribution in [-0.4, -0.2) is 47.3 Å². The van der Waals surface area contributed by atoms with Crippen LogP contribution >= 0.6 is 0 Å². The Labute approximate surface area is 207 Å². The molecule has 4 aromatic rings. The molecule has 1 atom stereocenters. The minimum absolute atomic E-state index is 0.0699. The fourth-order valence-corrected chi connectivity index (χ4v) is 4.09. The predicted octanol–water partition coefficient (Wildman–Crippen LogP) is 2.93. The molecule has 186 valence electrons. The number of hydrogen-bond donors (Lipinski definition) is 3. The van der Waals surface area contributed by atoms with Gasteiger partial charge in [0.05, 0.1) is 12.6 Å². The van der Waals surface area contributed by atoms with Gasteiger partial charge in [-0.2, -0.15) is 0 Å². The maximum Gasteiger partial charge on any atom is 0.326 e. The van der Waals surface area contributed by atoms with Gasteiger partial charge in [0, 0.05) is 30.6 Å². The van der Waals surface area contributed by atoms with Crippen molar-refractivity contribution in [1.82, 2.24) is 9.97 Å². The average Bonchev–Trinajstić information content (AvgIpc) is 2.90. The maximum absolute atomic E-state index is 12.2. The third-order valence-electron chi connectivity index (χ3n) is 6.08. The summed E-state index contributed by atoms with van der Waals surface area (Å²) >= 11 is 0. The SMILES string of the molecule is CCN(CC)c1c(N[C@@H](Cc2ccc(Nc3ncnc4ccc(OC)cc34)cc2)C(=O)O)c(=O)c1=O. The Morgan fingerprint density at radius 2 is 1.78 bits per heavy atom. The van der Waals surface area contributed by atoms with Crippen LogP contribution < -0.4 is 31.1 Å². The van der Waals surface area contributed by atoms with E-state index in [-0.39, 0.29) is 17.8 Å². The monoisotopic (exact) mass is 489 g/mol. The highest BCUT2D eigenvalue weighted by Crippen LogP contribution is 2.27. The number of nitrogens with zero attached hydrogens (tertiary/aromatic N) is 3. The fraction of sp³-hybridized carbons (Fsp3) is 0.269. The van der Waals surface area contributed by atoms with E-state index < -0.39 is 22.9 Å². The molecule has 0 fully saturated rings. The van der Waals surface area contributed by atoms with Crippen LogP contribution in [0.5, 0.6) is 5.75 Å². The molecule has 0 aliphatic carbocycles. The van der Waals surface area contributed by atoms with Crippen LogP contribution in [0.4, 0.5) is 22.9 Å². The van der Waals surface area contributed by atoms with Crippen molar-refractivity contribution in [2.24, 2.45) is 0 Å². The van der Waals surface area contributed by atoms with Gasteiger partial charge in [0.25, 0.3) is 10.9 Å². The zero-order valence-corrected chi connectivity index (χ0v) is 20.2. The summed E-state index contributed by atoms with van der Waals surface area (Å²) in [6.45, 7) is 4.82. The summed E-state index contributed by atoms with van der Waals surface area (Å²) in [4.78, 5) is 46.5. The second kappa shape index (κ2) is 10.4. The van der Waals surface area contributed by atoms with Gasteiger partial charge >= 0.3 is 5.97 Å². The molecule has 0 saturated heterocycles. The summed E-state index contributed by atoms with van der Waals surface area (Å²) in [5.41, 5.74) is 1.32. The lowest BCUT2D eigenvalue weighted by atomic mass is 10.0. The van der Waals surface area contributed by atoms with Crippen molar-refractivity contribution in [3.63, 3.8) is 0 Å². The van der Waals surface area contributed by atoms with Gasteiger partial charge in [-0.1, -0.05) is 12.1 Å². The largest absolute Gasteiger partial charge is 0.497 e. The van der Waals surface area contributed by atoms with Crippen LogP contribution in [-0.2, 0) is 11.2 Å². The van der Waals surface area contributed by atoms with Crippen molar-refractivity contribution in [3.05, 3.63) is 74.8 Å². The molecule has 0 radical (unpaired) electrons. The van der Waals surface area contributed by atoms with Gasteiger partial charge in [0.1, 0.15) is 35.3 Å². The Kier molecular flexibility index (Phi) is 7.14. The van der Waals surface area contributed by atoms with Crippen LogP contribution in [0.1, 0.15) is 19.4 Å². The van der Waals surface area contributed by atoms with E-state index in [0.29, 0.717) is 24.7 Å². The van der Waals surface area contributed by atoms with Crippen LogP contribution in [0.25, 0.3) is 10.9 Å². The molecule has 0 aliphatic heterocycles. The normalized spacial score (nSPS) is 11.9. The van der Waals surface area contributed by atoms with E-state index >= 15 is 0 Å². The summed E-state index contributed by atoms with van der Waals surface area (Å²) in [5.74, 6) is 0.187. The van der Waals surface area contributed by atoms with Crippen molar-refractivity contribution in [2.75, 3.05) is 35.7 Å².